The zero-order valence-electron chi connectivity index (χ0n) is 19.9. The predicted molar refractivity (Wildman–Crippen MR) is 129 cm³/mol. The molecule has 0 saturated heterocycles. The third-order valence-corrected chi connectivity index (χ3v) is 5.12. The number of carbonyl (C=O) groups excluding carboxylic acids is 2. The predicted octanol–water partition coefficient (Wildman–Crippen LogP) is 3.68. The van der Waals surface area contributed by atoms with Gasteiger partial charge >= 0.3 is 11.9 Å². The van der Waals surface area contributed by atoms with E-state index in [2.05, 4.69) is 9.98 Å². The van der Waals surface area contributed by atoms with Gasteiger partial charge in [-0.2, -0.15) is 0 Å². The molecular weight excluding hydrogens is 468 g/mol. The Labute approximate surface area is 206 Å². The molecule has 2 heterocycles. The lowest BCUT2D eigenvalue weighted by atomic mass is 10.1. The van der Waals surface area contributed by atoms with Gasteiger partial charge in [0.05, 0.1) is 34.0 Å². The Kier molecular flexibility index (Phi) is 7.15. The number of aromatic nitrogens is 1. The molecule has 1 aliphatic rings. The topological polar surface area (TPSA) is 115 Å². The van der Waals surface area contributed by atoms with E-state index in [1.54, 1.807) is 48.7 Å². The van der Waals surface area contributed by atoms with Gasteiger partial charge in [-0.25, -0.2) is 14.6 Å². The smallest absolute Gasteiger partial charge is 0.363 e. The van der Waals surface area contributed by atoms with Gasteiger partial charge in [0, 0.05) is 18.0 Å². The van der Waals surface area contributed by atoms with Crippen molar-refractivity contribution in [1.82, 2.24) is 4.98 Å². The first-order valence-electron chi connectivity index (χ1n) is 10.6. The number of pyridine rings is 1. The highest BCUT2D eigenvalue weighted by Gasteiger charge is 2.26. The monoisotopic (exact) mass is 490 g/mol. The van der Waals surface area contributed by atoms with Crippen LogP contribution in [0.4, 0.5) is 0 Å². The number of hydrogen-bond acceptors (Lipinski definition) is 10. The molecule has 0 N–H and O–H groups in total. The summed E-state index contributed by atoms with van der Waals surface area (Å²) >= 11 is 0. The summed E-state index contributed by atoms with van der Waals surface area (Å²) in [6.45, 7) is 0. The third-order valence-electron chi connectivity index (χ3n) is 5.12. The van der Waals surface area contributed by atoms with E-state index in [-0.39, 0.29) is 17.3 Å². The number of nitrogens with zero attached hydrogens (tertiary/aromatic N) is 2. The van der Waals surface area contributed by atoms with E-state index in [1.807, 2.05) is 0 Å². The third kappa shape index (κ3) is 4.97. The maximum Gasteiger partial charge on any atom is 0.363 e. The van der Waals surface area contributed by atoms with Crippen LogP contribution < -0.4 is 23.7 Å². The molecule has 2 aromatic carbocycles. The van der Waals surface area contributed by atoms with Crippen LogP contribution in [0, 0.1) is 0 Å². The summed E-state index contributed by atoms with van der Waals surface area (Å²) in [4.78, 5) is 33.1. The van der Waals surface area contributed by atoms with Crippen molar-refractivity contribution in [3.05, 3.63) is 77.2 Å². The molecule has 0 fully saturated rings. The second-order valence-electron chi connectivity index (χ2n) is 7.29. The molecule has 10 nitrogen and oxygen atoms in total. The summed E-state index contributed by atoms with van der Waals surface area (Å²) < 4.78 is 32.2. The minimum atomic E-state index is -0.634. The Morgan fingerprint density at radius 3 is 2.22 bits per heavy atom. The molecule has 0 aliphatic carbocycles. The van der Waals surface area contributed by atoms with Crippen molar-refractivity contribution < 1.29 is 38.0 Å². The molecule has 3 aromatic rings. The van der Waals surface area contributed by atoms with Crippen molar-refractivity contribution in [2.24, 2.45) is 4.99 Å². The Balaban J connectivity index is 1.61. The van der Waals surface area contributed by atoms with E-state index in [9.17, 15) is 9.59 Å². The molecule has 0 radical (unpaired) electrons. The molecule has 0 spiro atoms. The molecule has 0 saturated carbocycles. The molecular formula is C26H22N2O8. The van der Waals surface area contributed by atoms with E-state index in [1.165, 1.54) is 40.7 Å². The van der Waals surface area contributed by atoms with Crippen molar-refractivity contribution in [2.45, 2.75) is 0 Å². The molecule has 0 amide bonds. The van der Waals surface area contributed by atoms with Gasteiger partial charge in [-0.05, 0) is 48.0 Å². The van der Waals surface area contributed by atoms with Gasteiger partial charge in [-0.15, -0.1) is 0 Å². The van der Waals surface area contributed by atoms with Gasteiger partial charge in [0.1, 0.15) is 0 Å². The van der Waals surface area contributed by atoms with Crippen LogP contribution in [0.2, 0.25) is 0 Å². The minimum absolute atomic E-state index is 0.0703. The Bertz CT molecular complexity index is 1340. The quantitative estimate of drug-likeness (QED) is 0.265. The zero-order chi connectivity index (χ0) is 25.7. The summed E-state index contributed by atoms with van der Waals surface area (Å²) in [5, 5.41) is 0. The van der Waals surface area contributed by atoms with E-state index in [0.29, 0.717) is 39.7 Å². The molecule has 0 bridgehead atoms. The molecule has 1 aromatic heterocycles. The van der Waals surface area contributed by atoms with Gasteiger partial charge in [0.25, 0.3) is 0 Å². The fraction of sp³-hybridized carbons (Fsp3) is 0.154. The summed E-state index contributed by atoms with van der Waals surface area (Å²) in [6.07, 6.45) is 4.49. The van der Waals surface area contributed by atoms with Gasteiger partial charge in [0.15, 0.2) is 28.7 Å². The van der Waals surface area contributed by atoms with Gasteiger partial charge in [0.2, 0.25) is 11.6 Å². The maximum atomic E-state index is 12.5. The lowest BCUT2D eigenvalue weighted by Crippen LogP contribution is -2.09. The van der Waals surface area contributed by atoms with Gasteiger partial charge in [-0.1, -0.05) is 6.07 Å². The highest BCUT2D eigenvalue weighted by atomic mass is 16.6. The first-order chi connectivity index (χ1) is 17.5. The fourth-order valence-corrected chi connectivity index (χ4v) is 3.40. The van der Waals surface area contributed by atoms with Crippen molar-refractivity contribution in [3.8, 4) is 28.7 Å². The van der Waals surface area contributed by atoms with Crippen LogP contribution in [-0.2, 0) is 9.53 Å². The van der Waals surface area contributed by atoms with Crippen molar-refractivity contribution in [1.29, 1.82) is 0 Å². The van der Waals surface area contributed by atoms with Gasteiger partial charge in [-0.3, -0.25) is 4.98 Å². The van der Waals surface area contributed by atoms with E-state index >= 15 is 0 Å². The standard InChI is InChI=1S/C26H22N2O8/c1-31-20-11-15(7-8-19(20)35-25(29)16-6-5-9-27-14-16)10-18-26(30)36-24(28-18)17-12-21(32-2)23(34-4)22(13-17)33-3/h5-14H,1-4H3/b18-10-. The summed E-state index contributed by atoms with van der Waals surface area (Å²) in [6, 6.07) is 11.3. The molecule has 1 aliphatic heterocycles. The number of ether oxygens (including phenoxy) is 6. The highest BCUT2D eigenvalue weighted by Crippen LogP contribution is 2.39. The van der Waals surface area contributed by atoms with E-state index in [4.69, 9.17) is 28.4 Å². The van der Waals surface area contributed by atoms with Crippen molar-refractivity contribution in [3.63, 3.8) is 0 Å². The first kappa shape index (κ1) is 24.3. The Morgan fingerprint density at radius 2 is 1.61 bits per heavy atom. The number of hydrogen-bond donors (Lipinski definition) is 0. The molecule has 10 heteroatoms. The van der Waals surface area contributed by atoms with Crippen LogP contribution in [-0.4, -0.2) is 51.3 Å². The lowest BCUT2D eigenvalue weighted by molar-refractivity contribution is -0.129. The van der Waals surface area contributed by atoms with Crippen LogP contribution >= 0.6 is 0 Å². The number of benzene rings is 2. The zero-order valence-corrected chi connectivity index (χ0v) is 19.9. The minimum Gasteiger partial charge on any atom is -0.493 e. The van der Waals surface area contributed by atoms with Gasteiger partial charge < -0.3 is 28.4 Å². The summed E-state index contributed by atoms with van der Waals surface area (Å²) in [5.41, 5.74) is 1.42. The normalized spacial score (nSPS) is 13.6. The average molecular weight is 490 g/mol. The fourth-order valence-electron chi connectivity index (χ4n) is 3.40. The lowest BCUT2D eigenvalue weighted by Gasteiger charge is -2.13. The molecule has 36 heavy (non-hydrogen) atoms. The summed E-state index contributed by atoms with van der Waals surface area (Å²) in [7, 11) is 5.91. The molecule has 184 valence electrons. The Morgan fingerprint density at radius 1 is 0.889 bits per heavy atom. The first-order valence-corrected chi connectivity index (χ1v) is 10.6. The second-order valence-corrected chi connectivity index (χ2v) is 7.29. The van der Waals surface area contributed by atoms with Crippen LogP contribution in [0.25, 0.3) is 6.08 Å². The number of esters is 2. The van der Waals surface area contributed by atoms with Crippen LogP contribution in [0.5, 0.6) is 28.7 Å². The van der Waals surface area contributed by atoms with E-state index < -0.39 is 11.9 Å². The number of cyclic esters (lactones) is 1. The summed E-state index contributed by atoms with van der Waals surface area (Å²) in [5.74, 6) is 0.566. The highest BCUT2D eigenvalue weighted by molar-refractivity contribution is 6.13. The van der Waals surface area contributed by atoms with Crippen LogP contribution in [0.3, 0.4) is 0 Å². The van der Waals surface area contributed by atoms with Crippen LogP contribution in [0.15, 0.2) is 65.5 Å². The second kappa shape index (κ2) is 10.6. The SMILES string of the molecule is COc1cc(/C=C2\N=C(c3cc(OC)c(OC)c(OC)c3)OC2=O)ccc1OC(=O)c1cccnc1. The van der Waals surface area contributed by atoms with Crippen molar-refractivity contribution in [2.75, 3.05) is 28.4 Å². The van der Waals surface area contributed by atoms with Crippen molar-refractivity contribution >= 4 is 23.9 Å². The number of carbonyl (C=O) groups is 2. The van der Waals surface area contributed by atoms with Crippen LogP contribution in [0.1, 0.15) is 21.5 Å². The van der Waals surface area contributed by atoms with E-state index in [0.717, 1.165) is 0 Å². The average Bonchev–Trinajstić information content (AvgIpc) is 3.28. The Hall–Kier alpha value is -4.86. The number of methoxy groups -OCH3 is 4. The maximum absolute atomic E-state index is 12.5. The molecule has 0 atom stereocenters. The molecule has 0 unspecified atom stereocenters. The largest absolute Gasteiger partial charge is 0.493 e. The number of aliphatic imine (C=N–C) groups is 1. The number of rotatable bonds is 8. The molecule has 4 rings (SSSR count).